The van der Waals surface area contributed by atoms with E-state index in [4.69, 9.17) is 9.72 Å². The van der Waals surface area contributed by atoms with Crippen LogP contribution < -0.4 is 0 Å². The third-order valence-corrected chi connectivity index (χ3v) is 7.68. The van der Waals surface area contributed by atoms with Gasteiger partial charge in [0.25, 0.3) is 0 Å². The predicted molar refractivity (Wildman–Crippen MR) is 112 cm³/mol. The first-order valence-electron chi connectivity index (χ1n) is 9.31. The van der Waals surface area contributed by atoms with E-state index < -0.39 is 10.0 Å². The number of benzene rings is 2. The first-order chi connectivity index (χ1) is 13.6. The number of morpholine rings is 1. The molecular formula is C21H22N2O3S2. The van der Waals surface area contributed by atoms with Crippen LogP contribution in [0.2, 0.25) is 0 Å². The van der Waals surface area contributed by atoms with Crippen molar-refractivity contribution in [1.82, 2.24) is 9.29 Å². The molecule has 5 nitrogen and oxygen atoms in total. The molecule has 7 heteroatoms. The van der Waals surface area contributed by atoms with Crippen molar-refractivity contribution in [1.29, 1.82) is 0 Å². The lowest BCUT2D eigenvalue weighted by Gasteiger charge is -2.26. The monoisotopic (exact) mass is 414 g/mol. The van der Waals surface area contributed by atoms with Gasteiger partial charge in [-0.3, -0.25) is 0 Å². The number of hydrogen-bond donors (Lipinski definition) is 0. The zero-order valence-corrected chi connectivity index (χ0v) is 17.3. The maximum atomic E-state index is 12.7. The van der Waals surface area contributed by atoms with Gasteiger partial charge in [-0.25, -0.2) is 13.4 Å². The Morgan fingerprint density at radius 1 is 1.00 bits per heavy atom. The molecule has 0 unspecified atom stereocenters. The molecule has 0 radical (unpaired) electrons. The molecule has 1 aliphatic rings. The van der Waals surface area contributed by atoms with E-state index in [1.165, 1.54) is 9.87 Å². The summed E-state index contributed by atoms with van der Waals surface area (Å²) < 4.78 is 32.2. The summed E-state index contributed by atoms with van der Waals surface area (Å²) in [5.74, 6) is 0. The van der Waals surface area contributed by atoms with Crippen molar-refractivity contribution in [2.75, 3.05) is 26.3 Å². The van der Waals surface area contributed by atoms with Gasteiger partial charge in [0.15, 0.2) is 0 Å². The van der Waals surface area contributed by atoms with E-state index in [0.29, 0.717) is 31.2 Å². The molecule has 1 saturated heterocycles. The summed E-state index contributed by atoms with van der Waals surface area (Å²) >= 11 is 1.59. The third-order valence-electron chi connectivity index (χ3n) is 4.87. The Balaban J connectivity index is 1.55. The van der Waals surface area contributed by atoms with Gasteiger partial charge in [-0.15, -0.1) is 11.3 Å². The molecule has 1 fully saturated rings. The molecule has 28 heavy (non-hydrogen) atoms. The standard InChI is InChI=1S/C21H22N2O3S2/c1-2-16-3-5-18(6-4-16)21-22-20(15-27-21)17-7-9-19(10-8-17)28(24,25)23-11-13-26-14-12-23/h3-10,15H,2,11-14H2,1H3. The second kappa shape index (κ2) is 8.13. The van der Waals surface area contributed by atoms with Gasteiger partial charge < -0.3 is 4.74 Å². The predicted octanol–water partition coefficient (Wildman–Crippen LogP) is 4.06. The van der Waals surface area contributed by atoms with E-state index in [9.17, 15) is 8.42 Å². The highest BCUT2D eigenvalue weighted by molar-refractivity contribution is 7.89. The summed E-state index contributed by atoms with van der Waals surface area (Å²) in [5, 5.41) is 2.97. The quantitative estimate of drug-likeness (QED) is 0.632. The van der Waals surface area contributed by atoms with Gasteiger partial charge in [0.1, 0.15) is 5.01 Å². The van der Waals surface area contributed by atoms with Crippen LogP contribution in [0.5, 0.6) is 0 Å². The second-order valence-electron chi connectivity index (χ2n) is 6.63. The van der Waals surface area contributed by atoms with Crippen molar-refractivity contribution < 1.29 is 13.2 Å². The lowest BCUT2D eigenvalue weighted by Crippen LogP contribution is -2.40. The maximum Gasteiger partial charge on any atom is 0.243 e. The fraction of sp³-hybridized carbons (Fsp3) is 0.286. The summed E-state index contributed by atoms with van der Waals surface area (Å²) in [7, 11) is -3.47. The van der Waals surface area contributed by atoms with Gasteiger partial charge in [0, 0.05) is 29.6 Å². The van der Waals surface area contributed by atoms with Crippen LogP contribution in [0.1, 0.15) is 12.5 Å². The minimum atomic E-state index is -3.47. The Labute approximate surface area is 169 Å². The average Bonchev–Trinajstić information content (AvgIpc) is 3.25. The molecule has 0 atom stereocenters. The fourth-order valence-electron chi connectivity index (χ4n) is 3.16. The second-order valence-corrected chi connectivity index (χ2v) is 9.43. The molecule has 1 aliphatic heterocycles. The topological polar surface area (TPSA) is 59.5 Å². The van der Waals surface area contributed by atoms with E-state index in [-0.39, 0.29) is 0 Å². The molecule has 0 spiro atoms. The SMILES string of the molecule is CCc1ccc(-c2nc(-c3ccc(S(=O)(=O)N4CCOCC4)cc3)cs2)cc1. The highest BCUT2D eigenvalue weighted by atomic mass is 32.2. The molecular weight excluding hydrogens is 392 g/mol. The molecule has 0 aliphatic carbocycles. The molecule has 0 amide bonds. The van der Waals surface area contributed by atoms with Crippen LogP contribution in [-0.2, 0) is 21.2 Å². The number of thiazole rings is 1. The fourth-order valence-corrected chi connectivity index (χ4v) is 5.40. The van der Waals surface area contributed by atoms with Crippen molar-refractivity contribution in [2.24, 2.45) is 0 Å². The average molecular weight is 415 g/mol. The number of aromatic nitrogens is 1. The van der Waals surface area contributed by atoms with Crippen LogP contribution >= 0.6 is 11.3 Å². The van der Waals surface area contributed by atoms with Gasteiger partial charge in [-0.2, -0.15) is 4.31 Å². The molecule has 1 aromatic heterocycles. The van der Waals surface area contributed by atoms with E-state index in [0.717, 1.165) is 28.2 Å². The summed E-state index contributed by atoms with van der Waals surface area (Å²) in [6.45, 7) is 3.82. The zero-order valence-electron chi connectivity index (χ0n) is 15.7. The Morgan fingerprint density at radius 2 is 1.64 bits per heavy atom. The van der Waals surface area contributed by atoms with E-state index >= 15 is 0 Å². The lowest BCUT2D eigenvalue weighted by molar-refractivity contribution is 0.0730. The summed E-state index contributed by atoms with van der Waals surface area (Å²) in [6, 6.07) is 15.4. The maximum absolute atomic E-state index is 12.7. The van der Waals surface area contributed by atoms with Gasteiger partial charge in [-0.1, -0.05) is 43.3 Å². The number of aryl methyl sites for hydroxylation is 1. The van der Waals surface area contributed by atoms with Crippen LogP contribution in [0, 0.1) is 0 Å². The number of ether oxygens (including phenoxy) is 1. The molecule has 3 aromatic rings. The number of sulfonamides is 1. The van der Waals surface area contributed by atoms with Gasteiger partial charge >= 0.3 is 0 Å². The van der Waals surface area contributed by atoms with E-state index in [1.54, 1.807) is 23.5 Å². The van der Waals surface area contributed by atoms with Crippen LogP contribution in [0.3, 0.4) is 0 Å². The Kier molecular flexibility index (Phi) is 5.59. The van der Waals surface area contributed by atoms with Crippen molar-refractivity contribution in [2.45, 2.75) is 18.2 Å². The van der Waals surface area contributed by atoms with Crippen molar-refractivity contribution in [3.05, 3.63) is 59.5 Å². The van der Waals surface area contributed by atoms with Crippen LogP contribution in [0.4, 0.5) is 0 Å². The Bertz CT molecular complexity index is 1040. The van der Waals surface area contributed by atoms with Gasteiger partial charge in [0.2, 0.25) is 10.0 Å². The van der Waals surface area contributed by atoms with E-state index in [2.05, 4.69) is 31.2 Å². The largest absolute Gasteiger partial charge is 0.379 e. The lowest BCUT2D eigenvalue weighted by atomic mass is 10.1. The number of rotatable bonds is 5. The Morgan fingerprint density at radius 3 is 2.29 bits per heavy atom. The normalized spacial score (nSPS) is 15.6. The summed E-state index contributed by atoms with van der Waals surface area (Å²) in [4.78, 5) is 5.04. The molecule has 0 bridgehead atoms. The van der Waals surface area contributed by atoms with Gasteiger partial charge in [-0.05, 0) is 24.1 Å². The highest BCUT2D eigenvalue weighted by Crippen LogP contribution is 2.30. The smallest absolute Gasteiger partial charge is 0.243 e. The molecule has 2 aromatic carbocycles. The molecule has 4 rings (SSSR count). The van der Waals surface area contributed by atoms with Crippen LogP contribution in [0.25, 0.3) is 21.8 Å². The Hall–Kier alpha value is -2.06. The summed E-state index contributed by atoms with van der Waals surface area (Å²) in [6.07, 6.45) is 1.02. The number of nitrogens with zero attached hydrogens (tertiary/aromatic N) is 2. The zero-order chi connectivity index (χ0) is 19.6. The van der Waals surface area contributed by atoms with Crippen molar-refractivity contribution >= 4 is 21.4 Å². The van der Waals surface area contributed by atoms with E-state index in [1.807, 2.05) is 17.5 Å². The molecule has 0 saturated carbocycles. The van der Waals surface area contributed by atoms with Crippen LogP contribution in [-0.4, -0.2) is 44.0 Å². The highest BCUT2D eigenvalue weighted by Gasteiger charge is 2.26. The molecule has 146 valence electrons. The van der Waals surface area contributed by atoms with Crippen LogP contribution in [0.15, 0.2) is 58.8 Å². The van der Waals surface area contributed by atoms with Gasteiger partial charge in [0.05, 0.1) is 23.8 Å². The van der Waals surface area contributed by atoms with Crippen molar-refractivity contribution in [3.63, 3.8) is 0 Å². The minimum Gasteiger partial charge on any atom is -0.379 e. The number of hydrogen-bond acceptors (Lipinski definition) is 5. The molecule has 2 heterocycles. The molecule has 0 N–H and O–H groups in total. The summed E-state index contributed by atoms with van der Waals surface area (Å²) in [5.41, 5.74) is 4.17. The first kappa shape index (κ1) is 19.3. The third kappa shape index (κ3) is 3.89. The van der Waals surface area contributed by atoms with Crippen molar-refractivity contribution in [3.8, 4) is 21.8 Å². The minimum absolute atomic E-state index is 0.309. The first-order valence-corrected chi connectivity index (χ1v) is 11.6.